The molecule has 0 amide bonds. The molecule has 0 spiro atoms. The van der Waals surface area contributed by atoms with Crippen molar-refractivity contribution in [1.29, 1.82) is 0 Å². The summed E-state index contributed by atoms with van der Waals surface area (Å²) in [6.45, 7) is 1.01. The number of carbonyl (C=O) groups excluding carboxylic acids is 1. The Balaban J connectivity index is 2.01. The number of benzene rings is 2. The van der Waals surface area contributed by atoms with Gasteiger partial charge in [0.15, 0.2) is 5.78 Å². The SMILES string of the molecule is COCCOc1ccc(C(=O)/C=C/c2ccccc2OC)cc1. The highest BCUT2D eigenvalue weighted by molar-refractivity contribution is 6.07. The van der Waals surface area contributed by atoms with E-state index in [-0.39, 0.29) is 5.78 Å². The van der Waals surface area contributed by atoms with Crippen molar-refractivity contribution in [1.82, 2.24) is 0 Å². The molecule has 0 aliphatic heterocycles. The van der Waals surface area contributed by atoms with Crippen molar-refractivity contribution in [3.63, 3.8) is 0 Å². The molecule has 0 fully saturated rings. The van der Waals surface area contributed by atoms with Crippen molar-refractivity contribution in [2.75, 3.05) is 27.4 Å². The third-order valence-electron chi connectivity index (χ3n) is 3.25. The van der Waals surface area contributed by atoms with Gasteiger partial charge < -0.3 is 14.2 Å². The molecule has 0 aliphatic rings. The van der Waals surface area contributed by atoms with Crippen molar-refractivity contribution < 1.29 is 19.0 Å². The van der Waals surface area contributed by atoms with Gasteiger partial charge in [0.2, 0.25) is 0 Å². The van der Waals surface area contributed by atoms with E-state index >= 15 is 0 Å². The van der Waals surface area contributed by atoms with E-state index < -0.39 is 0 Å². The van der Waals surface area contributed by atoms with E-state index in [1.165, 1.54) is 0 Å². The largest absolute Gasteiger partial charge is 0.496 e. The molecule has 23 heavy (non-hydrogen) atoms. The van der Waals surface area contributed by atoms with Crippen LogP contribution >= 0.6 is 0 Å². The average molecular weight is 312 g/mol. The Hall–Kier alpha value is -2.59. The maximum absolute atomic E-state index is 12.2. The third-order valence-corrected chi connectivity index (χ3v) is 3.25. The number of hydrogen-bond acceptors (Lipinski definition) is 4. The summed E-state index contributed by atoms with van der Waals surface area (Å²) < 4.78 is 15.6. The summed E-state index contributed by atoms with van der Waals surface area (Å²) in [5.41, 5.74) is 1.47. The molecule has 2 aromatic rings. The zero-order valence-corrected chi connectivity index (χ0v) is 13.3. The van der Waals surface area contributed by atoms with Gasteiger partial charge in [0.05, 0.1) is 13.7 Å². The number of methoxy groups -OCH3 is 2. The number of hydrogen-bond donors (Lipinski definition) is 0. The highest BCUT2D eigenvalue weighted by Crippen LogP contribution is 2.19. The van der Waals surface area contributed by atoms with Crippen molar-refractivity contribution in [3.05, 3.63) is 65.7 Å². The number of para-hydroxylation sites is 1. The quantitative estimate of drug-likeness (QED) is 0.424. The summed E-state index contributed by atoms with van der Waals surface area (Å²) in [6, 6.07) is 14.6. The van der Waals surface area contributed by atoms with Crippen LogP contribution in [0.4, 0.5) is 0 Å². The van der Waals surface area contributed by atoms with Gasteiger partial charge in [-0.25, -0.2) is 0 Å². The zero-order chi connectivity index (χ0) is 16.5. The first-order valence-electron chi connectivity index (χ1n) is 7.32. The standard InChI is InChI=1S/C19H20O4/c1-21-13-14-23-17-10-7-15(8-11-17)18(20)12-9-16-5-3-4-6-19(16)22-2/h3-12H,13-14H2,1-2H3/b12-9+. The van der Waals surface area contributed by atoms with Gasteiger partial charge in [-0.1, -0.05) is 18.2 Å². The second-order valence-electron chi connectivity index (χ2n) is 4.81. The van der Waals surface area contributed by atoms with Gasteiger partial charge in [-0.3, -0.25) is 4.79 Å². The summed E-state index contributed by atoms with van der Waals surface area (Å²) >= 11 is 0. The van der Waals surface area contributed by atoms with Gasteiger partial charge in [0, 0.05) is 18.2 Å². The normalized spacial score (nSPS) is 10.7. The van der Waals surface area contributed by atoms with E-state index in [0.717, 1.165) is 11.3 Å². The van der Waals surface area contributed by atoms with E-state index in [2.05, 4.69) is 0 Å². The van der Waals surface area contributed by atoms with E-state index in [1.807, 2.05) is 24.3 Å². The summed E-state index contributed by atoms with van der Waals surface area (Å²) in [7, 11) is 3.23. The average Bonchev–Trinajstić information content (AvgIpc) is 2.60. The molecule has 2 rings (SSSR count). The fourth-order valence-electron chi connectivity index (χ4n) is 2.02. The summed E-state index contributed by atoms with van der Waals surface area (Å²) in [5.74, 6) is 1.38. The minimum Gasteiger partial charge on any atom is -0.496 e. The van der Waals surface area contributed by atoms with Crippen LogP contribution in [0.3, 0.4) is 0 Å². The molecule has 0 atom stereocenters. The van der Waals surface area contributed by atoms with Gasteiger partial charge in [-0.2, -0.15) is 0 Å². The molecule has 4 nitrogen and oxygen atoms in total. The highest BCUT2D eigenvalue weighted by Gasteiger charge is 2.03. The first-order valence-corrected chi connectivity index (χ1v) is 7.32. The Morgan fingerprint density at radius 1 is 1.00 bits per heavy atom. The third kappa shape index (κ3) is 4.97. The second kappa shape index (κ2) is 8.76. The van der Waals surface area contributed by atoms with Crippen molar-refractivity contribution in [3.8, 4) is 11.5 Å². The molecule has 0 saturated heterocycles. The van der Waals surface area contributed by atoms with Gasteiger partial charge in [0.25, 0.3) is 0 Å². The number of carbonyl (C=O) groups is 1. The monoisotopic (exact) mass is 312 g/mol. The lowest BCUT2D eigenvalue weighted by molar-refractivity contribution is 0.104. The smallest absolute Gasteiger partial charge is 0.185 e. The van der Waals surface area contributed by atoms with E-state index in [9.17, 15) is 4.79 Å². The van der Waals surface area contributed by atoms with Crippen LogP contribution in [0.1, 0.15) is 15.9 Å². The molecular formula is C19H20O4. The lowest BCUT2D eigenvalue weighted by Crippen LogP contribution is -2.04. The van der Waals surface area contributed by atoms with Gasteiger partial charge in [-0.05, 0) is 42.5 Å². The van der Waals surface area contributed by atoms with Crippen molar-refractivity contribution in [2.45, 2.75) is 0 Å². The Labute approximate surface area is 136 Å². The second-order valence-corrected chi connectivity index (χ2v) is 4.81. The molecular weight excluding hydrogens is 292 g/mol. The maximum atomic E-state index is 12.2. The summed E-state index contributed by atoms with van der Waals surface area (Å²) in [4.78, 5) is 12.2. The van der Waals surface area contributed by atoms with Crippen LogP contribution in [-0.2, 0) is 4.74 Å². The number of ether oxygens (including phenoxy) is 3. The molecule has 0 heterocycles. The Morgan fingerprint density at radius 3 is 2.43 bits per heavy atom. The van der Waals surface area contributed by atoms with Gasteiger partial charge in [-0.15, -0.1) is 0 Å². The fraction of sp³-hybridized carbons (Fsp3) is 0.211. The lowest BCUT2D eigenvalue weighted by atomic mass is 10.1. The van der Waals surface area contributed by atoms with Crippen LogP contribution in [0.2, 0.25) is 0 Å². The van der Waals surface area contributed by atoms with E-state index in [1.54, 1.807) is 50.6 Å². The first kappa shape index (κ1) is 16.8. The molecule has 0 N–H and O–H groups in total. The number of rotatable bonds is 8. The minimum atomic E-state index is -0.0700. The number of allylic oxidation sites excluding steroid dienone is 1. The van der Waals surface area contributed by atoms with Crippen LogP contribution in [-0.4, -0.2) is 33.2 Å². The minimum absolute atomic E-state index is 0.0700. The molecule has 0 aromatic heterocycles. The first-order chi connectivity index (χ1) is 11.2. The van der Waals surface area contributed by atoms with Crippen molar-refractivity contribution >= 4 is 11.9 Å². The van der Waals surface area contributed by atoms with Crippen molar-refractivity contribution in [2.24, 2.45) is 0 Å². The molecule has 0 unspecified atom stereocenters. The molecule has 120 valence electrons. The topological polar surface area (TPSA) is 44.8 Å². The van der Waals surface area contributed by atoms with Crippen LogP contribution in [0.25, 0.3) is 6.08 Å². The molecule has 2 aromatic carbocycles. The van der Waals surface area contributed by atoms with Crippen LogP contribution in [0.5, 0.6) is 11.5 Å². The van der Waals surface area contributed by atoms with Crippen LogP contribution in [0, 0.1) is 0 Å². The fourth-order valence-corrected chi connectivity index (χ4v) is 2.02. The van der Waals surface area contributed by atoms with Gasteiger partial charge >= 0.3 is 0 Å². The highest BCUT2D eigenvalue weighted by atomic mass is 16.5. The summed E-state index contributed by atoms with van der Waals surface area (Å²) in [6.07, 6.45) is 3.29. The zero-order valence-electron chi connectivity index (χ0n) is 13.3. The Morgan fingerprint density at radius 2 is 1.74 bits per heavy atom. The predicted molar refractivity (Wildman–Crippen MR) is 90.2 cm³/mol. The Bertz CT molecular complexity index is 659. The molecule has 0 bridgehead atoms. The van der Waals surface area contributed by atoms with E-state index in [4.69, 9.17) is 14.2 Å². The van der Waals surface area contributed by atoms with Crippen LogP contribution in [0.15, 0.2) is 54.6 Å². The van der Waals surface area contributed by atoms with Gasteiger partial charge in [0.1, 0.15) is 18.1 Å². The molecule has 0 radical (unpaired) electrons. The van der Waals surface area contributed by atoms with Crippen LogP contribution < -0.4 is 9.47 Å². The lowest BCUT2D eigenvalue weighted by Gasteiger charge is -2.05. The number of ketones is 1. The molecule has 0 saturated carbocycles. The van der Waals surface area contributed by atoms with E-state index in [0.29, 0.717) is 24.5 Å². The summed E-state index contributed by atoms with van der Waals surface area (Å²) in [5, 5.41) is 0. The molecule has 4 heteroatoms. The maximum Gasteiger partial charge on any atom is 0.185 e. The Kier molecular flexibility index (Phi) is 6.39. The predicted octanol–water partition coefficient (Wildman–Crippen LogP) is 3.62. The molecule has 0 aliphatic carbocycles.